The summed E-state index contributed by atoms with van der Waals surface area (Å²) in [6.07, 6.45) is 0.994. The zero-order valence-corrected chi connectivity index (χ0v) is 12.6. The van der Waals surface area contributed by atoms with E-state index in [2.05, 4.69) is 38.0 Å². The van der Waals surface area contributed by atoms with E-state index in [1.165, 1.54) is 0 Å². The Hall–Kier alpha value is -1.04. The highest BCUT2D eigenvalue weighted by Crippen LogP contribution is 2.30. The Labute approximate surface area is 125 Å². The summed E-state index contributed by atoms with van der Waals surface area (Å²) in [6, 6.07) is 10.1. The zero-order valence-electron chi connectivity index (χ0n) is 10.2. The van der Waals surface area contributed by atoms with Crippen LogP contribution in [0.5, 0.6) is 0 Å². The monoisotopic (exact) mass is 336 g/mol. The first-order valence-corrected chi connectivity index (χ1v) is 7.38. The molecular formula is C14H13BrN2OS. The molecule has 1 aliphatic rings. The molecule has 0 bridgehead atoms. The van der Waals surface area contributed by atoms with Crippen LogP contribution in [0.15, 0.2) is 34.8 Å². The molecule has 5 heteroatoms. The van der Waals surface area contributed by atoms with Crippen LogP contribution in [0, 0.1) is 4.64 Å². The van der Waals surface area contributed by atoms with Gasteiger partial charge < -0.3 is 9.72 Å². The topological polar surface area (TPSA) is 37.9 Å². The minimum absolute atomic E-state index is 0.317. The molecule has 2 heterocycles. The molecule has 2 aromatic rings. The van der Waals surface area contributed by atoms with Gasteiger partial charge in [-0.3, -0.25) is 0 Å². The number of benzene rings is 1. The molecule has 1 atom stereocenters. The quantitative estimate of drug-likeness (QED) is 0.840. The molecule has 1 aliphatic heterocycles. The molecule has 19 heavy (non-hydrogen) atoms. The molecule has 1 aromatic carbocycles. The number of aromatic amines is 1. The Bertz CT molecular complexity index is 636. The summed E-state index contributed by atoms with van der Waals surface area (Å²) in [5, 5.41) is 0. The fraction of sp³-hybridized carbons (Fsp3) is 0.286. The van der Waals surface area contributed by atoms with Crippen LogP contribution in [-0.4, -0.2) is 23.2 Å². The highest BCUT2D eigenvalue weighted by molar-refractivity contribution is 9.10. The molecule has 1 N–H and O–H groups in total. The fourth-order valence-electron chi connectivity index (χ4n) is 2.22. The third kappa shape index (κ3) is 2.63. The van der Waals surface area contributed by atoms with Crippen LogP contribution in [0.25, 0.3) is 11.3 Å². The van der Waals surface area contributed by atoms with Gasteiger partial charge in [0.25, 0.3) is 0 Å². The maximum atomic E-state index is 5.42. The van der Waals surface area contributed by atoms with E-state index in [1.807, 2.05) is 18.2 Å². The van der Waals surface area contributed by atoms with Gasteiger partial charge in [-0.05, 0) is 27.9 Å². The number of nitrogens with one attached hydrogen (secondary N) is 1. The van der Waals surface area contributed by atoms with E-state index in [0.29, 0.717) is 17.2 Å². The second kappa shape index (κ2) is 5.53. The number of ether oxygens (including phenoxy) is 1. The third-order valence-corrected chi connectivity index (χ3v) is 4.59. The third-order valence-electron chi connectivity index (χ3n) is 3.26. The van der Waals surface area contributed by atoms with Crippen LogP contribution in [0.3, 0.4) is 0 Å². The Morgan fingerprint density at radius 3 is 2.79 bits per heavy atom. The predicted molar refractivity (Wildman–Crippen MR) is 80.7 cm³/mol. The molecule has 0 spiro atoms. The van der Waals surface area contributed by atoms with Gasteiger partial charge in [0.15, 0.2) is 0 Å². The van der Waals surface area contributed by atoms with Crippen molar-refractivity contribution >= 4 is 28.1 Å². The van der Waals surface area contributed by atoms with Crippen molar-refractivity contribution in [3.8, 4) is 11.3 Å². The Balaban J connectivity index is 2.11. The molecule has 0 aliphatic carbocycles. The van der Waals surface area contributed by atoms with Gasteiger partial charge in [-0.15, -0.1) is 0 Å². The van der Waals surface area contributed by atoms with E-state index >= 15 is 0 Å². The van der Waals surface area contributed by atoms with Crippen molar-refractivity contribution < 1.29 is 4.74 Å². The van der Waals surface area contributed by atoms with Gasteiger partial charge in [-0.25, -0.2) is 4.98 Å². The average molecular weight is 337 g/mol. The SMILES string of the molecule is S=c1nc(C2CCOC2)[nH]c(-c2ccccc2)c1Br. The molecule has 3 rings (SSSR count). The first-order chi connectivity index (χ1) is 9.25. The summed E-state index contributed by atoms with van der Waals surface area (Å²) in [4.78, 5) is 7.88. The number of hydrogen-bond donors (Lipinski definition) is 1. The second-order valence-electron chi connectivity index (χ2n) is 4.54. The first kappa shape index (κ1) is 13.0. The lowest BCUT2D eigenvalue weighted by Gasteiger charge is -2.12. The van der Waals surface area contributed by atoms with Gasteiger partial charge >= 0.3 is 0 Å². The molecule has 0 radical (unpaired) electrons. The van der Waals surface area contributed by atoms with Gasteiger partial charge in [0.05, 0.1) is 16.8 Å². The molecule has 0 saturated carbocycles. The van der Waals surface area contributed by atoms with Gasteiger partial charge in [0.2, 0.25) is 0 Å². The molecule has 3 nitrogen and oxygen atoms in total. The fourth-order valence-corrected chi connectivity index (χ4v) is 2.84. The lowest BCUT2D eigenvalue weighted by atomic mass is 10.1. The number of nitrogens with zero attached hydrogens (tertiary/aromatic N) is 1. The van der Waals surface area contributed by atoms with Crippen LogP contribution >= 0.6 is 28.1 Å². The van der Waals surface area contributed by atoms with E-state index in [-0.39, 0.29) is 0 Å². The lowest BCUT2D eigenvalue weighted by Crippen LogP contribution is -2.06. The summed E-state index contributed by atoms with van der Waals surface area (Å²) in [7, 11) is 0. The predicted octanol–water partition coefficient (Wildman–Crippen LogP) is 4.07. The lowest BCUT2D eigenvalue weighted by molar-refractivity contribution is 0.193. The van der Waals surface area contributed by atoms with E-state index < -0.39 is 0 Å². The van der Waals surface area contributed by atoms with E-state index in [4.69, 9.17) is 17.0 Å². The van der Waals surface area contributed by atoms with Crippen molar-refractivity contribution in [2.75, 3.05) is 13.2 Å². The minimum Gasteiger partial charge on any atom is -0.381 e. The van der Waals surface area contributed by atoms with Gasteiger partial charge in [-0.2, -0.15) is 0 Å². The van der Waals surface area contributed by atoms with Gasteiger partial charge in [-0.1, -0.05) is 42.5 Å². The number of aromatic nitrogens is 2. The molecule has 1 fully saturated rings. The van der Waals surface area contributed by atoms with Crippen LogP contribution in [-0.2, 0) is 4.74 Å². The van der Waals surface area contributed by atoms with Crippen molar-refractivity contribution in [1.82, 2.24) is 9.97 Å². The van der Waals surface area contributed by atoms with Crippen LogP contribution in [0.2, 0.25) is 0 Å². The summed E-state index contributed by atoms with van der Waals surface area (Å²) in [5.74, 6) is 1.24. The highest BCUT2D eigenvalue weighted by Gasteiger charge is 2.21. The minimum atomic E-state index is 0.317. The number of rotatable bonds is 2. The van der Waals surface area contributed by atoms with Gasteiger partial charge in [0, 0.05) is 12.5 Å². The summed E-state index contributed by atoms with van der Waals surface area (Å²) >= 11 is 8.88. The Morgan fingerprint density at radius 2 is 2.11 bits per heavy atom. The molecule has 1 saturated heterocycles. The molecule has 1 unspecified atom stereocenters. The van der Waals surface area contributed by atoms with Crippen molar-refractivity contribution in [2.45, 2.75) is 12.3 Å². The maximum absolute atomic E-state index is 5.42. The number of hydrogen-bond acceptors (Lipinski definition) is 3. The van der Waals surface area contributed by atoms with E-state index in [9.17, 15) is 0 Å². The van der Waals surface area contributed by atoms with Crippen LogP contribution in [0.4, 0.5) is 0 Å². The number of halogens is 1. The number of H-pyrrole nitrogens is 1. The average Bonchev–Trinajstić information content (AvgIpc) is 2.97. The van der Waals surface area contributed by atoms with E-state index in [1.54, 1.807) is 0 Å². The van der Waals surface area contributed by atoms with Crippen LogP contribution < -0.4 is 0 Å². The Kier molecular flexibility index (Phi) is 3.77. The summed E-state index contributed by atoms with van der Waals surface area (Å²) in [5.41, 5.74) is 2.09. The highest BCUT2D eigenvalue weighted by atomic mass is 79.9. The van der Waals surface area contributed by atoms with Crippen molar-refractivity contribution in [2.24, 2.45) is 0 Å². The molecule has 0 amide bonds. The van der Waals surface area contributed by atoms with E-state index in [0.717, 1.165) is 34.6 Å². The first-order valence-electron chi connectivity index (χ1n) is 6.18. The largest absolute Gasteiger partial charge is 0.381 e. The zero-order chi connectivity index (χ0) is 13.2. The normalized spacial score (nSPS) is 18.7. The van der Waals surface area contributed by atoms with Crippen molar-refractivity contribution in [1.29, 1.82) is 0 Å². The molecule has 1 aromatic heterocycles. The van der Waals surface area contributed by atoms with Crippen molar-refractivity contribution in [3.05, 3.63) is 45.3 Å². The summed E-state index contributed by atoms with van der Waals surface area (Å²) < 4.78 is 6.86. The standard InChI is InChI=1S/C14H13BrN2OS/c15-11-12(9-4-2-1-3-5-9)16-13(17-14(11)19)10-6-7-18-8-10/h1-5,10H,6-8H2,(H,16,17,19). The smallest absolute Gasteiger partial charge is 0.144 e. The summed E-state index contributed by atoms with van der Waals surface area (Å²) in [6.45, 7) is 1.51. The molecule has 98 valence electrons. The molecular weight excluding hydrogens is 324 g/mol. The van der Waals surface area contributed by atoms with Crippen LogP contribution in [0.1, 0.15) is 18.2 Å². The Morgan fingerprint density at radius 1 is 1.32 bits per heavy atom. The second-order valence-corrected chi connectivity index (χ2v) is 5.72. The maximum Gasteiger partial charge on any atom is 0.144 e. The van der Waals surface area contributed by atoms with Gasteiger partial charge in [0.1, 0.15) is 10.5 Å². The van der Waals surface area contributed by atoms with Crippen molar-refractivity contribution in [3.63, 3.8) is 0 Å².